The first kappa shape index (κ1) is 19.7. The molecule has 0 aromatic heterocycles. The summed E-state index contributed by atoms with van der Waals surface area (Å²) in [6, 6.07) is 6.94. The Morgan fingerprint density at radius 1 is 1.40 bits per heavy atom. The molecule has 1 heterocycles. The van der Waals surface area contributed by atoms with Gasteiger partial charge in [-0.3, -0.25) is 0 Å². The van der Waals surface area contributed by atoms with Crippen LogP contribution in [0.1, 0.15) is 38.7 Å². The van der Waals surface area contributed by atoms with Crippen LogP contribution in [0, 0.1) is 0 Å². The molecule has 25 heavy (non-hydrogen) atoms. The Balaban J connectivity index is 2.10. The van der Waals surface area contributed by atoms with Gasteiger partial charge in [0.2, 0.25) is 0 Å². The Labute approximate surface area is 149 Å². The second kappa shape index (κ2) is 8.17. The largest absolute Gasteiger partial charge is 0.508 e. The molecule has 0 radical (unpaired) electrons. The van der Waals surface area contributed by atoms with Gasteiger partial charge in [-0.05, 0) is 49.5 Å². The molecule has 5 nitrogen and oxygen atoms in total. The summed E-state index contributed by atoms with van der Waals surface area (Å²) >= 11 is 0. The van der Waals surface area contributed by atoms with Gasteiger partial charge in [-0.1, -0.05) is 36.3 Å². The molecule has 0 unspecified atom stereocenters. The lowest BCUT2D eigenvalue weighted by Crippen LogP contribution is -2.29. The lowest BCUT2D eigenvalue weighted by atomic mass is 9.94. The number of phenols is 1. The monoisotopic (exact) mass is 366 g/mol. The van der Waals surface area contributed by atoms with Crippen LogP contribution in [0.5, 0.6) is 5.75 Å². The van der Waals surface area contributed by atoms with Gasteiger partial charge in [-0.2, -0.15) is 0 Å². The van der Waals surface area contributed by atoms with Crippen LogP contribution in [-0.4, -0.2) is 47.5 Å². The Kier molecular flexibility index (Phi) is 6.43. The highest BCUT2D eigenvalue weighted by molar-refractivity contribution is 7.92. The summed E-state index contributed by atoms with van der Waals surface area (Å²) in [5.74, 6) is 0.108. The molecule has 3 N–H and O–H groups in total. The van der Waals surface area contributed by atoms with Crippen molar-refractivity contribution in [1.82, 2.24) is 0 Å². The smallest absolute Gasteiger partial charge is 0.163 e. The number of aromatic hydroxyl groups is 1. The first-order chi connectivity index (χ1) is 11.8. The second-order valence-electron chi connectivity index (χ2n) is 6.52. The molecule has 0 fully saturated rings. The highest BCUT2D eigenvalue weighted by Gasteiger charge is 2.39. The number of aliphatic hydroxyl groups is 2. The number of rotatable bonds is 7. The minimum atomic E-state index is -3.40. The molecule has 1 aromatic carbocycles. The summed E-state index contributed by atoms with van der Waals surface area (Å²) < 4.78 is 24.1. The number of hydrogen-bond acceptors (Lipinski definition) is 5. The Hall–Kier alpha value is -1.63. The second-order valence-corrected chi connectivity index (χ2v) is 8.70. The van der Waals surface area contributed by atoms with E-state index in [1.54, 1.807) is 25.1 Å². The standard InChI is InChI=1S/C19H26O5S/c1-3-14(9-15-5-4-6-16(21)10-15)7-8-17(22)19-13(2)12-25(23,24)18(19)11-20/h4-6,9-10,17-18,20-22H,3,7-8,11-12H2,1-2H3/b14-9+/t17-,18+/m1/s1. The molecule has 0 spiro atoms. The number of benzene rings is 1. The van der Waals surface area contributed by atoms with E-state index in [9.17, 15) is 23.7 Å². The third-order valence-electron chi connectivity index (χ3n) is 4.65. The number of sulfone groups is 1. The van der Waals surface area contributed by atoms with E-state index >= 15 is 0 Å². The average molecular weight is 366 g/mol. The predicted octanol–water partition coefficient (Wildman–Crippen LogP) is 2.43. The van der Waals surface area contributed by atoms with Crippen molar-refractivity contribution in [1.29, 1.82) is 0 Å². The number of allylic oxidation sites excluding steroid dienone is 1. The molecule has 2 rings (SSSR count). The van der Waals surface area contributed by atoms with Gasteiger partial charge in [0.05, 0.1) is 18.5 Å². The fraction of sp³-hybridized carbons (Fsp3) is 0.474. The molecule has 6 heteroatoms. The van der Waals surface area contributed by atoms with Crippen LogP contribution in [-0.2, 0) is 9.84 Å². The van der Waals surface area contributed by atoms with E-state index in [4.69, 9.17) is 0 Å². The molecule has 1 aromatic rings. The minimum Gasteiger partial charge on any atom is -0.508 e. The van der Waals surface area contributed by atoms with E-state index in [0.29, 0.717) is 24.0 Å². The molecule has 0 saturated carbocycles. The zero-order valence-electron chi connectivity index (χ0n) is 14.6. The van der Waals surface area contributed by atoms with Gasteiger partial charge in [0.1, 0.15) is 11.0 Å². The first-order valence-electron chi connectivity index (χ1n) is 8.47. The van der Waals surface area contributed by atoms with E-state index in [0.717, 1.165) is 17.6 Å². The van der Waals surface area contributed by atoms with Gasteiger partial charge < -0.3 is 15.3 Å². The van der Waals surface area contributed by atoms with Crippen LogP contribution >= 0.6 is 0 Å². The molecular weight excluding hydrogens is 340 g/mol. The van der Waals surface area contributed by atoms with E-state index in [-0.39, 0.29) is 11.5 Å². The van der Waals surface area contributed by atoms with Crippen molar-refractivity contribution in [3.05, 3.63) is 46.5 Å². The fourth-order valence-electron chi connectivity index (χ4n) is 3.34. The van der Waals surface area contributed by atoms with Crippen molar-refractivity contribution in [3.8, 4) is 5.75 Å². The van der Waals surface area contributed by atoms with Crippen LogP contribution in [0.3, 0.4) is 0 Å². The van der Waals surface area contributed by atoms with Crippen molar-refractivity contribution >= 4 is 15.9 Å². The quantitative estimate of drug-likeness (QED) is 0.644. The van der Waals surface area contributed by atoms with E-state index in [2.05, 4.69) is 0 Å². The maximum atomic E-state index is 12.0. The van der Waals surface area contributed by atoms with Crippen molar-refractivity contribution in [2.45, 2.75) is 44.5 Å². The third-order valence-corrected chi connectivity index (χ3v) is 6.76. The molecule has 0 bridgehead atoms. The van der Waals surface area contributed by atoms with Gasteiger partial charge >= 0.3 is 0 Å². The van der Waals surface area contributed by atoms with Crippen LogP contribution in [0.15, 0.2) is 41.0 Å². The van der Waals surface area contributed by atoms with Crippen molar-refractivity contribution in [2.24, 2.45) is 0 Å². The molecular formula is C19H26O5S. The van der Waals surface area contributed by atoms with Gasteiger partial charge in [-0.15, -0.1) is 0 Å². The lowest BCUT2D eigenvalue weighted by molar-refractivity contribution is 0.188. The SMILES string of the molecule is CC/C(=C\c1cccc(O)c1)CC[C@@H](O)C1=C(C)CS(=O)(=O)[C@H]1CO. The third kappa shape index (κ3) is 4.71. The number of phenolic OH excluding ortho intramolecular Hbond substituents is 1. The molecule has 0 saturated heterocycles. The molecule has 0 aliphatic carbocycles. The van der Waals surface area contributed by atoms with Crippen LogP contribution in [0.2, 0.25) is 0 Å². The first-order valence-corrected chi connectivity index (χ1v) is 10.2. The average Bonchev–Trinajstić information content (AvgIpc) is 2.79. The summed E-state index contributed by atoms with van der Waals surface area (Å²) in [7, 11) is -3.40. The summed E-state index contributed by atoms with van der Waals surface area (Å²) in [6.45, 7) is 3.23. The zero-order valence-corrected chi connectivity index (χ0v) is 15.5. The number of hydrogen-bond donors (Lipinski definition) is 3. The van der Waals surface area contributed by atoms with Gasteiger partial charge in [0.25, 0.3) is 0 Å². The van der Waals surface area contributed by atoms with Crippen molar-refractivity contribution in [2.75, 3.05) is 12.4 Å². The highest BCUT2D eigenvalue weighted by Crippen LogP contribution is 2.31. The van der Waals surface area contributed by atoms with E-state index < -0.39 is 27.8 Å². The summed E-state index contributed by atoms with van der Waals surface area (Å²) in [4.78, 5) is 0. The fourth-order valence-corrected chi connectivity index (χ4v) is 5.29. The Bertz CT molecular complexity index is 777. The summed E-state index contributed by atoms with van der Waals surface area (Å²) in [6.07, 6.45) is 2.90. The molecule has 2 atom stereocenters. The molecule has 1 aliphatic heterocycles. The van der Waals surface area contributed by atoms with E-state index in [1.807, 2.05) is 19.1 Å². The number of aliphatic hydroxyl groups excluding tert-OH is 2. The summed E-state index contributed by atoms with van der Waals surface area (Å²) in [5.41, 5.74) is 3.08. The van der Waals surface area contributed by atoms with Crippen molar-refractivity contribution in [3.63, 3.8) is 0 Å². The van der Waals surface area contributed by atoms with Gasteiger partial charge in [0, 0.05) is 0 Å². The highest BCUT2D eigenvalue weighted by atomic mass is 32.2. The van der Waals surface area contributed by atoms with Crippen LogP contribution < -0.4 is 0 Å². The Morgan fingerprint density at radius 3 is 2.72 bits per heavy atom. The van der Waals surface area contributed by atoms with E-state index in [1.165, 1.54) is 0 Å². The van der Waals surface area contributed by atoms with Gasteiger partial charge in [0.15, 0.2) is 9.84 Å². The zero-order chi connectivity index (χ0) is 18.6. The van der Waals surface area contributed by atoms with Gasteiger partial charge in [-0.25, -0.2) is 8.42 Å². The Morgan fingerprint density at radius 2 is 2.12 bits per heavy atom. The maximum Gasteiger partial charge on any atom is 0.163 e. The molecule has 0 amide bonds. The predicted molar refractivity (Wildman–Crippen MR) is 99.0 cm³/mol. The summed E-state index contributed by atoms with van der Waals surface area (Å²) in [5, 5.41) is 28.5. The van der Waals surface area contributed by atoms with Crippen molar-refractivity contribution < 1.29 is 23.7 Å². The minimum absolute atomic E-state index is 0.0929. The van der Waals surface area contributed by atoms with Crippen LogP contribution in [0.25, 0.3) is 6.08 Å². The normalized spacial score (nSPS) is 21.6. The maximum absolute atomic E-state index is 12.0. The molecule has 138 valence electrons. The molecule has 1 aliphatic rings. The van der Waals surface area contributed by atoms with Crippen LogP contribution in [0.4, 0.5) is 0 Å². The lowest BCUT2D eigenvalue weighted by Gasteiger charge is -2.19. The topological polar surface area (TPSA) is 94.8 Å².